The smallest absolute Gasteiger partial charge is 0.333 e. The van der Waals surface area contributed by atoms with Crippen LogP contribution in [-0.2, 0) is 9.53 Å². The molecule has 0 radical (unpaired) electrons. The van der Waals surface area contributed by atoms with E-state index in [2.05, 4.69) is 10.7 Å². The minimum Gasteiger partial charge on any atom is -0.479 e. The summed E-state index contributed by atoms with van der Waals surface area (Å²) in [4.78, 5) is 10.1. The quantitative estimate of drug-likeness (QED) is 0.549. The minimum absolute atomic E-state index is 0.117. The number of terminal acetylenes is 1. The van der Waals surface area contributed by atoms with Crippen LogP contribution in [0.3, 0.4) is 0 Å². The Morgan fingerprint density at radius 1 is 2.00 bits per heavy atom. The van der Waals surface area contributed by atoms with Crippen molar-refractivity contribution in [1.82, 2.24) is 0 Å². The van der Waals surface area contributed by atoms with Gasteiger partial charge in [-0.15, -0.1) is 12.3 Å². The standard InChI is InChI=1S/C6H8O3/c1-3-4-5(9-2)6(7)8/h1,5H,4H2,2H3,(H,7,8)/t5-/m1/s1. The van der Waals surface area contributed by atoms with E-state index in [1.54, 1.807) is 0 Å². The molecule has 0 heterocycles. The van der Waals surface area contributed by atoms with Crippen molar-refractivity contribution in [3.8, 4) is 12.3 Å². The van der Waals surface area contributed by atoms with Crippen molar-refractivity contribution in [1.29, 1.82) is 0 Å². The molecule has 0 aromatic heterocycles. The fourth-order valence-electron chi connectivity index (χ4n) is 0.378. The third-order valence-electron chi connectivity index (χ3n) is 0.863. The SMILES string of the molecule is C#CC[C@@H](OC)C(=O)O. The van der Waals surface area contributed by atoms with Crippen LogP contribution >= 0.6 is 0 Å². The molecular formula is C6H8O3. The Labute approximate surface area is 53.6 Å². The molecule has 0 fully saturated rings. The molecule has 1 N–H and O–H groups in total. The predicted molar refractivity (Wildman–Crippen MR) is 31.9 cm³/mol. The molecule has 0 aromatic carbocycles. The molecule has 0 aliphatic carbocycles. The molecule has 3 heteroatoms. The minimum atomic E-state index is -1.02. The fourth-order valence-corrected chi connectivity index (χ4v) is 0.378. The molecule has 0 aromatic rings. The first-order chi connectivity index (χ1) is 4.22. The summed E-state index contributed by atoms with van der Waals surface area (Å²) in [5, 5.41) is 8.28. The zero-order chi connectivity index (χ0) is 7.28. The summed E-state index contributed by atoms with van der Waals surface area (Å²) in [5.41, 5.74) is 0. The Morgan fingerprint density at radius 3 is 2.67 bits per heavy atom. The van der Waals surface area contributed by atoms with Gasteiger partial charge in [-0.1, -0.05) is 0 Å². The van der Waals surface area contributed by atoms with Gasteiger partial charge in [0.15, 0.2) is 6.10 Å². The van der Waals surface area contributed by atoms with Crippen LogP contribution in [0.25, 0.3) is 0 Å². The van der Waals surface area contributed by atoms with E-state index in [9.17, 15) is 4.79 Å². The van der Waals surface area contributed by atoms with Crippen molar-refractivity contribution in [2.24, 2.45) is 0 Å². The number of hydrogen-bond acceptors (Lipinski definition) is 2. The molecule has 9 heavy (non-hydrogen) atoms. The highest BCUT2D eigenvalue weighted by atomic mass is 16.5. The molecule has 0 saturated carbocycles. The number of hydrogen-bond donors (Lipinski definition) is 1. The number of aliphatic carboxylic acids is 1. The third-order valence-corrected chi connectivity index (χ3v) is 0.863. The molecule has 0 unspecified atom stereocenters. The van der Waals surface area contributed by atoms with Gasteiger partial charge in [0.1, 0.15) is 0 Å². The monoisotopic (exact) mass is 128 g/mol. The van der Waals surface area contributed by atoms with Gasteiger partial charge in [0.25, 0.3) is 0 Å². The maximum absolute atomic E-state index is 10.1. The van der Waals surface area contributed by atoms with E-state index >= 15 is 0 Å². The van der Waals surface area contributed by atoms with Crippen LogP contribution in [0.4, 0.5) is 0 Å². The van der Waals surface area contributed by atoms with Gasteiger partial charge in [-0.05, 0) is 0 Å². The van der Waals surface area contributed by atoms with Crippen molar-refractivity contribution in [3.05, 3.63) is 0 Å². The number of rotatable bonds is 3. The summed E-state index contributed by atoms with van der Waals surface area (Å²) in [5.74, 6) is 1.18. The van der Waals surface area contributed by atoms with E-state index in [0.717, 1.165) is 0 Å². The Morgan fingerprint density at radius 2 is 2.56 bits per heavy atom. The summed E-state index contributed by atoms with van der Waals surface area (Å²) in [7, 11) is 1.32. The third kappa shape index (κ3) is 2.73. The average Bonchev–Trinajstić information content (AvgIpc) is 1.82. The van der Waals surface area contributed by atoms with Crippen molar-refractivity contribution in [2.45, 2.75) is 12.5 Å². The highest BCUT2D eigenvalue weighted by Crippen LogP contribution is 1.93. The maximum atomic E-state index is 10.1. The Kier molecular flexibility index (Phi) is 3.49. The Bertz CT molecular complexity index is 134. The Balaban J connectivity index is 3.71. The van der Waals surface area contributed by atoms with E-state index in [0.29, 0.717) is 0 Å². The molecule has 0 spiro atoms. The first-order valence-corrected chi connectivity index (χ1v) is 2.41. The van der Waals surface area contributed by atoms with Gasteiger partial charge in [-0.2, -0.15) is 0 Å². The summed E-state index contributed by atoms with van der Waals surface area (Å²) >= 11 is 0. The van der Waals surface area contributed by atoms with Gasteiger partial charge in [0.2, 0.25) is 0 Å². The lowest BCUT2D eigenvalue weighted by Crippen LogP contribution is -2.21. The van der Waals surface area contributed by atoms with Crippen molar-refractivity contribution >= 4 is 5.97 Å². The highest BCUT2D eigenvalue weighted by molar-refractivity contribution is 5.72. The molecule has 0 aliphatic rings. The second-order valence-corrected chi connectivity index (χ2v) is 1.47. The summed E-state index contributed by atoms with van der Waals surface area (Å²) in [6.45, 7) is 0. The van der Waals surface area contributed by atoms with E-state index in [4.69, 9.17) is 11.5 Å². The zero-order valence-corrected chi connectivity index (χ0v) is 5.13. The van der Waals surface area contributed by atoms with Crippen LogP contribution < -0.4 is 0 Å². The number of carbonyl (C=O) groups is 1. The highest BCUT2D eigenvalue weighted by Gasteiger charge is 2.13. The first-order valence-electron chi connectivity index (χ1n) is 2.41. The number of carboxylic acid groups (broad SMARTS) is 1. The molecule has 50 valence electrons. The summed E-state index contributed by atoms with van der Waals surface area (Å²) in [6, 6.07) is 0. The number of methoxy groups -OCH3 is 1. The lowest BCUT2D eigenvalue weighted by atomic mass is 10.3. The Hall–Kier alpha value is -1.01. The van der Waals surface area contributed by atoms with Crippen LogP contribution in [0.5, 0.6) is 0 Å². The molecule has 3 nitrogen and oxygen atoms in total. The molecule has 0 aliphatic heterocycles. The largest absolute Gasteiger partial charge is 0.479 e. The molecular weight excluding hydrogens is 120 g/mol. The van der Waals surface area contributed by atoms with Crippen LogP contribution in [0, 0.1) is 12.3 Å². The van der Waals surface area contributed by atoms with E-state index < -0.39 is 12.1 Å². The maximum Gasteiger partial charge on any atom is 0.333 e. The second kappa shape index (κ2) is 3.93. The number of ether oxygens (including phenoxy) is 1. The van der Waals surface area contributed by atoms with Crippen LogP contribution in [0.15, 0.2) is 0 Å². The topological polar surface area (TPSA) is 46.5 Å². The normalized spacial score (nSPS) is 12.0. The van der Waals surface area contributed by atoms with Gasteiger partial charge in [-0.3, -0.25) is 0 Å². The summed E-state index contributed by atoms with van der Waals surface area (Å²) in [6.07, 6.45) is 4.11. The first kappa shape index (κ1) is 7.99. The van der Waals surface area contributed by atoms with Gasteiger partial charge in [0, 0.05) is 13.5 Å². The van der Waals surface area contributed by atoms with Crippen molar-refractivity contribution in [2.75, 3.05) is 7.11 Å². The molecule has 0 amide bonds. The second-order valence-electron chi connectivity index (χ2n) is 1.47. The number of carboxylic acids is 1. The lowest BCUT2D eigenvalue weighted by molar-refractivity contribution is -0.148. The van der Waals surface area contributed by atoms with E-state index in [-0.39, 0.29) is 6.42 Å². The average molecular weight is 128 g/mol. The summed E-state index contributed by atoms with van der Waals surface area (Å²) < 4.78 is 4.51. The van der Waals surface area contributed by atoms with Crippen LogP contribution in [-0.4, -0.2) is 24.3 Å². The molecule has 0 rings (SSSR count). The fraction of sp³-hybridized carbons (Fsp3) is 0.500. The lowest BCUT2D eigenvalue weighted by Gasteiger charge is -2.03. The van der Waals surface area contributed by atoms with E-state index in [1.165, 1.54) is 7.11 Å². The molecule has 0 bridgehead atoms. The van der Waals surface area contributed by atoms with Gasteiger partial charge >= 0.3 is 5.97 Å². The van der Waals surface area contributed by atoms with Gasteiger partial charge < -0.3 is 9.84 Å². The van der Waals surface area contributed by atoms with Crippen LogP contribution in [0.1, 0.15) is 6.42 Å². The van der Waals surface area contributed by atoms with Crippen molar-refractivity contribution < 1.29 is 14.6 Å². The van der Waals surface area contributed by atoms with Crippen molar-refractivity contribution in [3.63, 3.8) is 0 Å². The zero-order valence-electron chi connectivity index (χ0n) is 5.13. The van der Waals surface area contributed by atoms with Gasteiger partial charge in [-0.25, -0.2) is 4.79 Å². The predicted octanol–water partition coefficient (Wildman–Crippen LogP) is 0.109. The molecule has 0 saturated heterocycles. The van der Waals surface area contributed by atoms with Crippen LogP contribution in [0.2, 0.25) is 0 Å². The molecule has 1 atom stereocenters. The van der Waals surface area contributed by atoms with Gasteiger partial charge in [0.05, 0.1) is 0 Å². The van der Waals surface area contributed by atoms with E-state index in [1.807, 2.05) is 0 Å².